The number of carbonyl (C=O) groups is 1. The van der Waals surface area contributed by atoms with E-state index in [1.54, 1.807) is 57.2 Å². The third-order valence-electron chi connectivity index (χ3n) is 3.96. The van der Waals surface area contributed by atoms with Gasteiger partial charge in [0.25, 0.3) is 0 Å². The molecule has 148 valence electrons. The van der Waals surface area contributed by atoms with Gasteiger partial charge in [0, 0.05) is 27.5 Å². The fourth-order valence-corrected chi connectivity index (χ4v) is 4.66. The maximum atomic E-state index is 13.2. The Kier molecular flexibility index (Phi) is 5.54. The van der Waals surface area contributed by atoms with E-state index in [1.165, 1.54) is 0 Å². The summed E-state index contributed by atoms with van der Waals surface area (Å²) < 4.78 is 32.5. The third-order valence-corrected chi connectivity index (χ3v) is 6.23. The number of ether oxygens (including phenoxy) is 1. The number of aromatic nitrogens is 1. The highest BCUT2D eigenvalue weighted by Gasteiger charge is 2.26. The molecule has 0 saturated heterocycles. The van der Waals surface area contributed by atoms with E-state index < -0.39 is 21.5 Å². The molecule has 0 aliphatic rings. The maximum Gasteiger partial charge on any atom is 0.407 e. The van der Waals surface area contributed by atoms with E-state index in [9.17, 15) is 13.2 Å². The van der Waals surface area contributed by atoms with E-state index in [-0.39, 0.29) is 16.5 Å². The number of benzene rings is 2. The Labute approximate surface area is 172 Å². The molecular weight excluding hydrogens is 444 g/mol. The molecule has 3 rings (SSSR count). The van der Waals surface area contributed by atoms with Crippen LogP contribution in [0.25, 0.3) is 10.9 Å². The predicted molar refractivity (Wildman–Crippen MR) is 111 cm³/mol. The first kappa shape index (κ1) is 20.4. The minimum Gasteiger partial charge on any atom is -0.444 e. The molecule has 1 aromatic heterocycles. The highest BCUT2D eigenvalue weighted by Crippen LogP contribution is 2.31. The number of hydrogen-bond acceptors (Lipinski definition) is 4. The van der Waals surface area contributed by atoms with Gasteiger partial charge in [-0.15, -0.1) is 0 Å². The van der Waals surface area contributed by atoms with Crippen LogP contribution in [0.2, 0.25) is 0 Å². The van der Waals surface area contributed by atoms with Crippen molar-refractivity contribution in [3.05, 3.63) is 58.6 Å². The zero-order valence-corrected chi connectivity index (χ0v) is 18.1. The van der Waals surface area contributed by atoms with Crippen molar-refractivity contribution in [2.45, 2.75) is 42.8 Å². The van der Waals surface area contributed by atoms with E-state index in [0.29, 0.717) is 16.5 Å². The molecule has 0 aliphatic carbocycles. The maximum absolute atomic E-state index is 13.2. The molecule has 0 saturated carbocycles. The Bertz CT molecular complexity index is 1120. The second-order valence-corrected chi connectivity index (χ2v) is 10.1. The van der Waals surface area contributed by atoms with Gasteiger partial charge in [0.15, 0.2) is 0 Å². The largest absolute Gasteiger partial charge is 0.444 e. The normalized spacial score (nSPS) is 12.1. The van der Waals surface area contributed by atoms with Crippen LogP contribution in [-0.2, 0) is 21.1 Å². The van der Waals surface area contributed by atoms with Gasteiger partial charge in [0.2, 0.25) is 9.84 Å². The van der Waals surface area contributed by atoms with Gasteiger partial charge in [-0.1, -0.05) is 34.1 Å². The van der Waals surface area contributed by atoms with Crippen LogP contribution in [0.4, 0.5) is 4.79 Å². The quantitative estimate of drug-likeness (QED) is 0.580. The van der Waals surface area contributed by atoms with Crippen LogP contribution in [0.3, 0.4) is 0 Å². The lowest BCUT2D eigenvalue weighted by molar-refractivity contribution is 0.0523. The number of aromatic amines is 1. The molecule has 2 aromatic carbocycles. The SMILES string of the molecule is CC(C)(C)OC(=O)NCc1c(S(=O)(=O)c2ccccc2)[nH]c2ccc(Br)cc12. The summed E-state index contributed by atoms with van der Waals surface area (Å²) in [6.07, 6.45) is -0.611. The average Bonchev–Trinajstić information content (AvgIpc) is 2.98. The second kappa shape index (κ2) is 7.60. The molecule has 0 spiro atoms. The van der Waals surface area contributed by atoms with E-state index >= 15 is 0 Å². The van der Waals surface area contributed by atoms with E-state index in [2.05, 4.69) is 26.2 Å². The number of sulfone groups is 1. The zero-order chi connectivity index (χ0) is 20.5. The molecule has 2 N–H and O–H groups in total. The van der Waals surface area contributed by atoms with Gasteiger partial charge in [-0.05, 0) is 51.1 Å². The molecule has 1 amide bonds. The zero-order valence-electron chi connectivity index (χ0n) is 15.7. The summed E-state index contributed by atoms with van der Waals surface area (Å²) in [4.78, 5) is 15.3. The first-order chi connectivity index (χ1) is 13.1. The predicted octanol–water partition coefficient (Wildman–Crippen LogP) is 4.79. The van der Waals surface area contributed by atoms with E-state index in [0.717, 1.165) is 4.47 Å². The van der Waals surface area contributed by atoms with E-state index in [1.807, 2.05) is 12.1 Å². The first-order valence-electron chi connectivity index (χ1n) is 8.65. The standard InChI is InChI=1S/C20H21BrN2O4S/c1-20(2,3)27-19(24)22-12-16-15-11-13(21)9-10-17(15)23-18(16)28(25,26)14-7-5-4-6-8-14/h4-11,23H,12H2,1-3H3,(H,22,24). The van der Waals surface area contributed by atoms with Crippen molar-refractivity contribution in [3.8, 4) is 0 Å². The Morgan fingerprint density at radius 1 is 1.14 bits per heavy atom. The number of nitrogens with one attached hydrogen (secondary N) is 2. The van der Waals surface area contributed by atoms with Crippen LogP contribution in [-0.4, -0.2) is 25.1 Å². The van der Waals surface area contributed by atoms with Gasteiger partial charge in [-0.3, -0.25) is 0 Å². The summed E-state index contributed by atoms with van der Waals surface area (Å²) in [5.74, 6) is 0. The number of alkyl carbamates (subject to hydrolysis) is 1. The number of H-pyrrole nitrogens is 1. The van der Waals surface area contributed by atoms with Crippen LogP contribution in [0, 0.1) is 0 Å². The lowest BCUT2D eigenvalue weighted by Crippen LogP contribution is -2.32. The van der Waals surface area contributed by atoms with Crippen molar-refractivity contribution in [2.24, 2.45) is 0 Å². The van der Waals surface area contributed by atoms with Crippen LogP contribution in [0.15, 0.2) is 62.9 Å². The molecule has 0 aliphatic heterocycles. The monoisotopic (exact) mass is 464 g/mol. The van der Waals surface area contributed by atoms with Gasteiger partial charge in [0.05, 0.1) is 4.90 Å². The van der Waals surface area contributed by atoms with Crippen molar-refractivity contribution in [3.63, 3.8) is 0 Å². The molecule has 0 atom stereocenters. The fourth-order valence-electron chi connectivity index (χ4n) is 2.79. The molecule has 6 nitrogen and oxygen atoms in total. The number of fused-ring (bicyclic) bond motifs is 1. The van der Waals surface area contributed by atoms with Crippen molar-refractivity contribution in [1.82, 2.24) is 10.3 Å². The topological polar surface area (TPSA) is 88.3 Å². The molecular formula is C20H21BrN2O4S. The second-order valence-electron chi connectivity index (χ2n) is 7.29. The summed E-state index contributed by atoms with van der Waals surface area (Å²) in [7, 11) is -3.79. The first-order valence-corrected chi connectivity index (χ1v) is 10.9. The van der Waals surface area contributed by atoms with Gasteiger partial charge < -0.3 is 15.0 Å². The number of rotatable bonds is 4. The molecule has 0 radical (unpaired) electrons. The van der Waals surface area contributed by atoms with Gasteiger partial charge >= 0.3 is 6.09 Å². The van der Waals surface area contributed by atoms with Gasteiger partial charge in [-0.2, -0.15) is 0 Å². The smallest absolute Gasteiger partial charge is 0.407 e. The van der Waals surface area contributed by atoms with Crippen LogP contribution < -0.4 is 5.32 Å². The summed E-state index contributed by atoms with van der Waals surface area (Å²) in [6.45, 7) is 5.30. The number of amides is 1. The molecule has 0 fully saturated rings. The van der Waals surface area contributed by atoms with Gasteiger partial charge in [0.1, 0.15) is 10.6 Å². The summed E-state index contributed by atoms with van der Waals surface area (Å²) in [5.41, 5.74) is 0.497. The van der Waals surface area contributed by atoms with Crippen molar-refractivity contribution in [1.29, 1.82) is 0 Å². The number of hydrogen-bond donors (Lipinski definition) is 2. The van der Waals surface area contributed by atoms with Crippen LogP contribution >= 0.6 is 15.9 Å². The average molecular weight is 465 g/mol. The van der Waals surface area contributed by atoms with Crippen LogP contribution in [0.1, 0.15) is 26.3 Å². The highest BCUT2D eigenvalue weighted by molar-refractivity contribution is 9.10. The highest BCUT2D eigenvalue weighted by atomic mass is 79.9. The molecule has 3 aromatic rings. The molecule has 1 heterocycles. The summed E-state index contributed by atoms with van der Waals surface area (Å²) in [5, 5.41) is 3.42. The Hall–Kier alpha value is -2.32. The molecule has 0 unspecified atom stereocenters. The lowest BCUT2D eigenvalue weighted by Gasteiger charge is -2.19. The van der Waals surface area contributed by atoms with Crippen LogP contribution in [0.5, 0.6) is 0 Å². The third kappa shape index (κ3) is 4.39. The molecule has 28 heavy (non-hydrogen) atoms. The Morgan fingerprint density at radius 3 is 2.46 bits per heavy atom. The van der Waals surface area contributed by atoms with Crippen molar-refractivity contribution in [2.75, 3.05) is 0 Å². The van der Waals surface area contributed by atoms with Crippen molar-refractivity contribution >= 4 is 42.8 Å². The molecule has 8 heteroatoms. The summed E-state index contributed by atoms with van der Waals surface area (Å²) in [6, 6.07) is 13.6. The molecule has 0 bridgehead atoms. The Morgan fingerprint density at radius 2 is 1.82 bits per heavy atom. The number of carbonyl (C=O) groups excluding carboxylic acids is 1. The summed E-state index contributed by atoms with van der Waals surface area (Å²) >= 11 is 3.42. The fraction of sp³-hybridized carbons (Fsp3) is 0.250. The number of halogens is 1. The Balaban J connectivity index is 2.06. The minimum absolute atomic E-state index is 0.00671. The minimum atomic E-state index is -3.79. The van der Waals surface area contributed by atoms with E-state index in [4.69, 9.17) is 4.74 Å². The van der Waals surface area contributed by atoms with Gasteiger partial charge in [-0.25, -0.2) is 13.2 Å². The van der Waals surface area contributed by atoms with Crippen molar-refractivity contribution < 1.29 is 17.9 Å². The lowest BCUT2D eigenvalue weighted by atomic mass is 10.2.